The number of rotatable bonds is 7. The smallest absolute Gasteiger partial charge is 0.262 e. The third-order valence-corrected chi connectivity index (χ3v) is 3.76. The van der Waals surface area contributed by atoms with E-state index in [1.54, 1.807) is 36.4 Å². The van der Waals surface area contributed by atoms with Crippen LogP contribution in [0.15, 0.2) is 36.4 Å². The van der Waals surface area contributed by atoms with Gasteiger partial charge in [0.15, 0.2) is 6.61 Å². The van der Waals surface area contributed by atoms with E-state index in [0.717, 1.165) is 5.56 Å². The van der Waals surface area contributed by atoms with Gasteiger partial charge in [-0.2, -0.15) is 0 Å². The molecule has 2 rings (SSSR count). The van der Waals surface area contributed by atoms with Gasteiger partial charge in [-0.05, 0) is 35.9 Å². The molecule has 0 aromatic heterocycles. The number of halogens is 1. The van der Waals surface area contributed by atoms with E-state index in [-0.39, 0.29) is 18.4 Å². The van der Waals surface area contributed by atoms with Gasteiger partial charge < -0.3 is 25.8 Å². The van der Waals surface area contributed by atoms with E-state index in [4.69, 9.17) is 26.8 Å². The topological polar surface area (TPSA) is 103 Å². The number of hydrogen-bond donors (Lipinski definition) is 3. The van der Waals surface area contributed by atoms with Crippen molar-refractivity contribution in [3.05, 3.63) is 47.0 Å². The highest BCUT2D eigenvalue weighted by atomic mass is 35.5. The van der Waals surface area contributed by atoms with E-state index in [1.807, 2.05) is 0 Å². The Kier molecular flexibility index (Phi) is 6.82. The van der Waals surface area contributed by atoms with E-state index in [0.29, 0.717) is 34.4 Å². The van der Waals surface area contributed by atoms with Crippen LogP contribution in [0.3, 0.4) is 0 Å². The molecule has 4 N–H and O–H groups in total. The van der Waals surface area contributed by atoms with Crippen molar-refractivity contribution in [2.24, 2.45) is 5.73 Å². The van der Waals surface area contributed by atoms with Crippen LogP contribution >= 0.6 is 11.6 Å². The number of carbonyl (C=O) groups excluding carboxylic acids is 2. The van der Waals surface area contributed by atoms with Crippen LogP contribution in [-0.2, 0) is 16.1 Å². The van der Waals surface area contributed by atoms with Crippen molar-refractivity contribution < 1.29 is 19.1 Å². The monoisotopic (exact) mass is 377 g/mol. The second-order valence-corrected chi connectivity index (χ2v) is 5.80. The lowest BCUT2D eigenvalue weighted by Gasteiger charge is -2.13. The molecule has 0 aliphatic carbocycles. The second-order valence-electron chi connectivity index (χ2n) is 5.39. The van der Waals surface area contributed by atoms with Gasteiger partial charge in [-0.25, -0.2) is 0 Å². The lowest BCUT2D eigenvalue weighted by atomic mass is 10.2. The Morgan fingerprint density at radius 3 is 2.54 bits per heavy atom. The average molecular weight is 378 g/mol. The first-order valence-electron chi connectivity index (χ1n) is 7.79. The Morgan fingerprint density at radius 1 is 1.15 bits per heavy atom. The van der Waals surface area contributed by atoms with Crippen LogP contribution in [0.25, 0.3) is 0 Å². The van der Waals surface area contributed by atoms with Gasteiger partial charge in [0.1, 0.15) is 11.5 Å². The molecule has 138 valence electrons. The van der Waals surface area contributed by atoms with E-state index >= 15 is 0 Å². The van der Waals surface area contributed by atoms with E-state index < -0.39 is 0 Å². The number of nitrogens with two attached hydrogens (primary N) is 1. The lowest BCUT2D eigenvalue weighted by molar-refractivity contribution is -0.118. The highest BCUT2D eigenvalue weighted by molar-refractivity contribution is 6.31. The predicted molar refractivity (Wildman–Crippen MR) is 101 cm³/mol. The summed E-state index contributed by atoms with van der Waals surface area (Å²) < 4.78 is 10.7. The Bertz CT molecular complexity index is 811. The molecule has 26 heavy (non-hydrogen) atoms. The molecular weight excluding hydrogens is 358 g/mol. The average Bonchev–Trinajstić information content (AvgIpc) is 2.60. The minimum absolute atomic E-state index is 0.214. The zero-order chi connectivity index (χ0) is 19.1. The molecule has 0 atom stereocenters. The molecule has 0 radical (unpaired) electrons. The molecule has 0 heterocycles. The first kappa shape index (κ1) is 19.6. The zero-order valence-electron chi connectivity index (χ0n) is 14.5. The Balaban J connectivity index is 2.02. The lowest BCUT2D eigenvalue weighted by Crippen LogP contribution is -2.20. The number of hydrogen-bond acceptors (Lipinski definition) is 5. The molecule has 2 aromatic carbocycles. The number of amides is 2. The molecule has 0 aliphatic heterocycles. The van der Waals surface area contributed by atoms with Gasteiger partial charge in [0.2, 0.25) is 5.91 Å². The minimum atomic E-state index is -0.387. The fraction of sp³-hybridized carbons (Fsp3) is 0.222. The highest BCUT2D eigenvalue weighted by Crippen LogP contribution is 2.28. The van der Waals surface area contributed by atoms with Gasteiger partial charge in [0.05, 0.1) is 12.8 Å². The van der Waals surface area contributed by atoms with Gasteiger partial charge in [0, 0.05) is 24.2 Å². The summed E-state index contributed by atoms with van der Waals surface area (Å²) in [4.78, 5) is 23.3. The van der Waals surface area contributed by atoms with Gasteiger partial charge in [-0.15, -0.1) is 0 Å². The maximum absolute atomic E-state index is 12.2. The summed E-state index contributed by atoms with van der Waals surface area (Å²) in [6.45, 7) is 1.51. The first-order valence-corrected chi connectivity index (χ1v) is 8.17. The number of benzene rings is 2. The number of carbonyl (C=O) groups is 2. The largest absolute Gasteiger partial charge is 0.495 e. The maximum atomic E-state index is 12.2. The van der Waals surface area contributed by atoms with Crippen molar-refractivity contribution in [2.75, 3.05) is 24.4 Å². The summed E-state index contributed by atoms with van der Waals surface area (Å²) in [6, 6.07) is 9.97. The fourth-order valence-corrected chi connectivity index (χ4v) is 2.45. The summed E-state index contributed by atoms with van der Waals surface area (Å²) in [6.07, 6.45) is 0. The van der Waals surface area contributed by atoms with Crippen LogP contribution in [0.4, 0.5) is 11.4 Å². The zero-order valence-corrected chi connectivity index (χ0v) is 15.2. The first-order chi connectivity index (χ1) is 12.4. The minimum Gasteiger partial charge on any atom is -0.495 e. The summed E-state index contributed by atoms with van der Waals surface area (Å²) in [5.74, 6) is 0.319. The van der Waals surface area contributed by atoms with Crippen LogP contribution < -0.4 is 25.8 Å². The van der Waals surface area contributed by atoms with Crippen LogP contribution in [0.2, 0.25) is 5.02 Å². The summed E-state index contributed by atoms with van der Waals surface area (Å²) >= 11 is 6.06. The Morgan fingerprint density at radius 2 is 1.92 bits per heavy atom. The third kappa shape index (κ3) is 5.37. The molecule has 0 unspecified atom stereocenters. The van der Waals surface area contributed by atoms with Crippen LogP contribution in [0, 0.1) is 0 Å². The standard InChI is InChI=1S/C18H20ClN3O4/c1-11(23)21-13-4-6-17(25-2)16(7-13)22-18(24)10-26-14-5-3-12(9-20)15(19)8-14/h3-8H,9-10,20H2,1-2H3,(H,21,23)(H,22,24). The van der Waals surface area contributed by atoms with Gasteiger partial charge in [-0.1, -0.05) is 17.7 Å². The summed E-state index contributed by atoms with van der Waals surface area (Å²) in [7, 11) is 1.49. The molecule has 0 fully saturated rings. The Labute approximate surface area is 156 Å². The van der Waals surface area contributed by atoms with Crippen LogP contribution in [0.1, 0.15) is 12.5 Å². The van der Waals surface area contributed by atoms with Crippen LogP contribution in [-0.4, -0.2) is 25.5 Å². The van der Waals surface area contributed by atoms with E-state index in [2.05, 4.69) is 10.6 Å². The van der Waals surface area contributed by atoms with Crippen molar-refractivity contribution in [1.82, 2.24) is 0 Å². The maximum Gasteiger partial charge on any atom is 0.262 e. The van der Waals surface area contributed by atoms with Gasteiger partial charge in [0.25, 0.3) is 5.91 Å². The van der Waals surface area contributed by atoms with E-state index in [9.17, 15) is 9.59 Å². The van der Waals surface area contributed by atoms with Gasteiger partial charge in [-0.3, -0.25) is 9.59 Å². The molecule has 0 aliphatic rings. The van der Waals surface area contributed by atoms with Crippen molar-refractivity contribution in [3.63, 3.8) is 0 Å². The van der Waals surface area contributed by atoms with Crippen molar-refractivity contribution in [3.8, 4) is 11.5 Å². The predicted octanol–water partition coefficient (Wildman–Crippen LogP) is 2.78. The number of nitrogens with one attached hydrogen (secondary N) is 2. The SMILES string of the molecule is COc1ccc(NC(C)=O)cc1NC(=O)COc1ccc(CN)c(Cl)c1. The van der Waals surface area contributed by atoms with Crippen molar-refractivity contribution in [1.29, 1.82) is 0 Å². The highest BCUT2D eigenvalue weighted by Gasteiger charge is 2.11. The van der Waals surface area contributed by atoms with Crippen molar-refractivity contribution >= 4 is 34.8 Å². The second kappa shape index (κ2) is 9.07. The molecule has 7 nitrogen and oxygen atoms in total. The number of methoxy groups -OCH3 is 1. The van der Waals surface area contributed by atoms with Crippen molar-refractivity contribution in [2.45, 2.75) is 13.5 Å². The number of ether oxygens (including phenoxy) is 2. The summed E-state index contributed by atoms with van der Waals surface area (Å²) in [5.41, 5.74) is 7.31. The molecule has 0 saturated carbocycles. The molecule has 0 spiro atoms. The quantitative estimate of drug-likeness (QED) is 0.688. The fourth-order valence-electron chi connectivity index (χ4n) is 2.21. The molecule has 8 heteroatoms. The normalized spacial score (nSPS) is 10.2. The Hall–Kier alpha value is -2.77. The van der Waals surface area contributed by atoms with Crippen LogP contribution in [0.5, 0.6) is 11.5 Å². The molecular formula is C18H20ClN3O4. The van der Waals surface area contributed by atoms with E-state index in [1.165, 1.54) is 14.0 Å². The molecule has 0 saturated heterocycles. The molecule has 2 aromatic rings. The third-order valence-electron chi connectivity index (χ3n) is 3.41. The molecule has 2 amide bonds. The summed E-state index contributed by atoms with van der Waals surface area (Å²) in [5, 5.41) is 5.81. The number of anilines is 2. The molecule has 0 bridgehead atoms. The van der Waals surface area contributed by atoms with Gasteiger partial charge >= 0.3 is 0 Å².